The first-order valence-electron chi connectivity index (χ1n) is 7.04. The Morgan fingerprint density at radius 3 is 1.75 bits per heavy atom. The quantitative estimate of drug-likeness (QED) is 0.559. The summed E-state index contributed by atoms with van der Waals surface area (Å²) in [5, 5.41) is 0. The Hall–Kier alpha value is -0.300. The van der Waals surface area contributed by atoms with Gasteiger partial charge in [-0.3, -0.25) is 0 Å². The van der Waals surface area contributed by atoms with Crippen LogP contribution in [0.1, 0.15) is 20.3 Å². The van der Waals surface area contributed by atoms with Crippen molar-refractivity contribution in [2.75, 3.05) is 0 Å². The van der Waals surface area contributed by atoms with Crippen LogP contribution >= 0.6 is 0 Å². The highest BCUT2D eigenvalue weighted by Crippen LogP contribution is 3.11. The van der Waals surface area contributed by atoms with Crippen LogP contribution in [0.25, 0.3) is 0 Å². The smallest absolute Gasteiger partial charge is 0.0915 e. The summed E-state index contributed by atoms with van der Waals surface area (Å²) in [5.41, 5.74) is 1.56. The molecule has 2 unspecified atom stereocenters. The third-order valence-corrected chi connectivity index (χ3v) is 8.52. The molecular formula is C15H16O. The molecule has 1 heteroatoms. The van der Waals surface area contributed by atoms with Crippen molar-refractivity contribution in [1.29, 1.82) is 0 Å². The van der Waals surface area contributed by atoms with Gasteiger partial charge in [-0.05, 0) is 55.8 Å². The second-order valence-electron chi connectivity index (χ2n) is 8.05. The van der Waals surface area contributed by atoms with Gasteiger partial charge >= 0.3 is 0 Å². The van der Waals surface area contributed by atoms with E-state index in [2.05, 4.69) is 26.0 Å². The van der Waals surface area contributed by atoms with Gasteiger partial charge in [-0.25, -0.2) is 0 Å². The van der Waals surface area contributed by atoms with Gasteiger partial charge in [0.25, 0.3) is 0 Å². The summed E-state index contributed by atoms with van der Waals surface area (Å²) in [4.78, 5) is 0. The Labute approximate surface area is 95.2 Å². The highest BCUT2D eigenvalue weighted by molar-refractivity contribution is 5.61. The van der Waals surface area contributed by atoms with E-state index in [9.17, 15) is 0 Å². The number of fused-ring (bicyclic) bond motifs is 2. The normalized spacial score (nSPS) is 93.9. The zero-order valence-corrected chi connectivity index (χ0v) is 9.73. The minimum atomic E-state index is 0.133. The Kier molecular flexibility index (Phi) is 0.595. The van der Waals surface area contributed by atoms with Gasteiger partial charge < -0.3 is 4.74 Å². The van der Waals surface area contributed by atoms with Crippen molar-refractivity contribution in [3.63, 3.8) is 0 Å². The molecule has 8 atom stereocenters. The van der Waals surface area contributed by atoms with E-state index in [1.165, 1.54) is 0 Å². The SMILES string of the molecule is C[C@]12C=C[C@](C)(O1)C13[C@@H]4C5CC([C@H]41)[C@H]1[C@H]5C132. The first-order valence-corrected chi connectivity index (χ1v) is 7.04. The first kappa shape index (κ1) is 7.20. The van der Waals surface area contributed by atoms with Gasteiger partial charge in [-0.1, -0.05) is 12.2 Å². The van der Waals surface area contributed by atoms with Gasteiger partial charge in [0, 0.05) is 10.8 Å². The van der Waals surface area contributed by atoms with E-state index < -0.39 is 0 Å². The van der Waals surface area contributed by atoms with E-state index in [4.69, 9.17) is 4.74 Å². The van der Waals surface area contributed by atoms with E-state index in [0.29, 0.717) is 10.8 Å². The number of ether oxygens (including phenoxy) is 1. The van der Waals surface area contributed by atoms with Crippen LogP contribution < -0.4 is 0 Å². The van der Waals surface area contributed by atoms with Gasteiger partial charge in [0.2, 0.25) is 0 Å². The van der Waals surface area contributed by atoms with E-state index in [1.807, 2.05) is 0 Å². The lowest BCUT2D eigenvalue weighted by Crippen LogP contribution is -2.39. The molecule has 82 valence electrons. The second-order valence-corrected chi connectivity index (χ2v) is 8.05. The monoisotopic (exact) mass is 212 g/mol. The molecule has 2 heterocycles. The molecule has 6 aliphatic carbocycles. The van der Waals surface area contributed by atoms with E-state index in [0.717, 1.165) is 35.5 Å². The number of hydrogen-bond acceptors (Lipinski definition) is 1. The summed E-state index contributed by atoms with van der Waals surface area (Å²) in [7, 11) is 0. The molecule has 2 aliphatic heterocycles. The Morgan fingerprint density at radius 1 is 0.875 bits per heavy atom. The van der Waals surface area contributed by atoms with Crippen LogP contribution in [0.3, 0.4) is 0 Å². The highest BCUT2D eigenvalue weighted by atomic mass is 16.5. The van der Waals surface area contributed by atoms with Gasteiger partial charge in [0.15, 0.2) is 0 Å². The fourth-order valence-corrected chi connectivity index (χ4v) is 9.17. The second kappa shape index (κ2) is 1.32. The molecule has 16 heavy (non-hydrogen) atoms. The minimum absolute atomic E-state index is 0.133. The molecular weight excluding hydrogens is 196 g/mol. The fourth-order valence-electron chi connectivity index (χ4n) is 9.17. The maximum absolute atomic E-state index is 6.56. The molecule has 4 bridgehead atoms. The average molecular weight is 212 g/mol. The molecule has 1 nitrogen and oxygen atoms in total. The van der Waals surface area contributed by atoms with Crippen LogP contribution in [0.2, 0.25) is 0 Å². The molecule has 8 rings (SSSR count). The van der Waals surface area contributed by atoms with Crippen LogP contribution in [-0.4, -0.2) is 11.2 Å². The maximum Gasteiger partial charge on any atom is 0.0915 e. The van der Waals surface area contributed by atoms with E-state index in [1.54, 1.807) is 6.42 Å². The predicted molar refractivity (Wildman–Crippen MR) is 57.5 cm³/mol. The number of rotatable bonds is 0. The van der Waals surface area contributed by atoms with Crippen molar-refractivity contribution in [2.24, 2.45) is 46.3 Å². The molecule has 0 radical (unpaired) electrons. The molecule has 2 spiro atoms. The zero-order valence-electron chi connectivity index (χ0n) is 9.73. The molecule has 1 saturated heterocycles. The van der Waals surface area contributed by atoms with Gasteiger partial charge in [0.05, 0.1) is 11.2 Å². The average Bonchev–Trinajstić information content (AvgIpc) is 2.85. The maximum atomic E-state index is 6.56. The zero-order chi connectivity index (χ0) is 10.3. The molecule has 0 amide bonds. The summed E-state index contributed by atoms with van der Waals surface area (Å²) >= 11 is 0. The standard InChI is InChI=1S/C15H16O/c1-12-3-4-13(2,16-12)15-10-6-5-7(11(10)15)9-8(6)14(9,12)15/h3-4,6-11H,5H2,1-2H3/t6?,7?,8-,9-,10+,11+,12+,13-,14?,15?. The molecule has 0 aromatic heterocycles. The molecule has 0 aromatic rings. The summed E-state index contributed by atoms with van der Waals surface area (Å²) in [6.45, 7) is 4.80. The third kappa shape index (κ3) is 0.287. The van der Waals surface area contributed by atoms with E-state index in [-0.39, 0.29) is 11.2 Å². The lowest BCUT2D eigenvalue weighted by Gasteiger charge is -2.33. The predicted octanol–water partition coefficient (Wildman–Crippen LogP) is 2.23. The first-order chi connectivity index (χ1) is 7.64. The van der Waals surface area contributed by atoms with Crippen LogP contribution in [0.15, 0.2) is 12.2 Å². The van der Waals surface area contributed by atoms with E-state index >= 15 is 0 Å². The van der Waals surface area contributed by atoms with Crippen LogP contribution in [0, 0.1) is 46.3 Å². The Morgan fingerprint density at radius 2 is 1.31 bits per heavy atom. The topological polar surface area (TPSA) is 9.23 Å². The van der Waals surface area contributed by atoms with Crippen molar-refractivity contribution in [2.45, 2.75) is 31.5 Å². The summed E-state index contributed by atoms with van der Waals surface area (Å²) in [6.07, 6.45) is 6.47. The third-order valence-electron chi connectivity index (χ3n) is 8.52. The highest BCUT2D eigenvalue weighted by Gasteiger charge is 3.11. The fraction of sp³-hybridized carbons (Fsp3) is 0.867. The van der Waals surface area contributed by atoms with Crippen LogP contribution in [-0.2, 0) is 4.74 Å². The largest absolute Gasteiger partial charge is 0.360 e. The van der Waals surface area contributed by atoms with Crippen molar-refractivity contribution in [3.05, 3.63) is 12.2 Å². The summed E-state index contributed by atoms with van der Waals surface area (Å²) in [5.74, 6) is 6.60. The van der Waals surface area contributed by atoms with Gasteiger partial charge in [-0.15, -0.1) is 0 Å². The Balaban J connectivity index is 1.72. The molecule has 0 N–H and O–H groups in total. The van der Waals surface area contributed by atoms with Crippen LogP contribution in [0.5, 0.6) is 0 Å². The lowest BCUT2D eigenvalue weighted by atomic mass is 9.66. The molecule has 7 fully saturated rings. The Bertz CT molecular complexity index is 482. The molecule has 0 aromatic carbocycles. The van der Waals surface area contributed by atoms with Crippen molar-refractivity contribution >= 4 is 0 Å². The summed E-state index contributed by atoms with van der Waals surface area (Å²) in [6, 6.07) is 0. The molecule has 8 aliphatic rings. The van der Waals surface area contributed by atoms with Gasteiger partial charge in [0.1, 0.15) is 0 Å². The molecule has 6 saturated carbocycles. The summed E-state index contributed by atoms with van der Waals surface area (Å²) < 4.78 is 6.56. The van der Waals surface area contributed by atoms with Crippen molar-refractivity contribution < 1.29 is 4.74 Å². The van der Waals surface area contributed by atoms with Crippen molar-refractivity contribution in [1.82, 2.24) is 0 Å². The number of hydrogen-bond donors (Lipinski definition) is 0. The lowest BCUT2D eigenvalue weighted by molar-refractivity contribution is -0.0452. The van der Waals surface area contributed by atoms with Crippen molar-refractivity contribution in [3.8, 4) is 0 Å². The minimum Gasteiger partial charge on any atom is -0.360 e. The van der Waals surface area contributed by atoms with Gasteiger partial charge in [-0.2, -0.15) is 0 Å². The van der Waals surface area contributed by atoms with Crippen LogP contribution in [0.4, 0.5) is 0 Å².